The van der Waals surface area contributed by atoms with Gasteiger partial charge in [0.1, 0.15) is 12.4 Å². The van der Waals surface area contributed by atoms with Crippen LogP contribution >= 0.6 is 15.9 Å². The van der Waals surface area contributed by atoms with Gasteiger partial charge in [-0.1, -0.05) is 24.3 Å². The molecule has 2 aromatic carbocycles. The Bertz CT molecular complexity index is 629. The van der Waals surface area contributed by atoms with Crippen LogP contribution in [-0.4, -0.2) is 0 Å². The molecule has 0 aliphatic heterocycles. The van der Waals surface area contributed by atoms with E-state index in [-0.39, 0.29) is 13.2 Å². The number of hydrogen-bond donors (Lipinski definition) is 1. The van der Waals surface area contributed by atoms with E-state index in [4.69, 9.17) is 10.5 Å². The van der Waals surface area contributed by atoms with Crippen molar-refractivity contribution in [3.8, 4) is 5.75 Å². The molecule has 0 heterocycles. The predicted molar refractivity (Wildman–Crippen MR) is 77.8 cm³/mol. The second-order valence-electron chi connectivity index (χ2n) is 4.42. The Morgan fingerprint density at radius 3 is 2.48 bits per heavy atom. The number of rotatable bonds is 4. The van der Waals surface area contributed by atoms with Gasteiger partial charge in [0.05, 0.1) is 10.0 Å². The van der Waals surface area contributed by atoms with Crippen LogP contribution in [0.4, 0.5) is 13.2 Å². The van der Waals surface area contributed by atoms with Crippen molar-refractivity contribution in [2.75, 3.05) is 0 Å². The third kappa shape index (κ3) is 3.98. The van der Waals surface area contributed by atoms with Gasteiger partial charge >= 0.3 is 6.18 Å². The second kappa shape index (κ2) is 6.49. The summed E-state index contributed by atoms with van der Waals surface area (Å²) in [7, 11) is 0. The summed E-state index contributed by atoms with van der Waals surface area (Å²) < 4.78 is 44.3. The number of halogens is 4. The third-order valence-electron chi connectivity index (χ3n) is 2.91. The Kier molecular flexibility index (Phi) is 4.90. The molecule has 0 atom stereocenters. The number of para-hydroxylation sites is 1. The molecule has 0 saturated heterocycles. The molecular weight excluding hydrogens is 347 g/mol. The Morgan fingerprint density at radius 1 is 1.10 bits per heavy atom. The zero-order chi connectivity index (χ0) is 15.5. The van der Waals surface area contributed by atoms with Crippen molar-refractivity contribution in [2.24, 2.45) is 5.73 Å². The van der Waals surface area contributed by atoms with Crippen LogP contribution in [0.3, 0.4) is 0 Å². The highest BCUT2D eigenvalue weighted by Gasteiger charge is 2.30. The molecular formula is C15H13BrF3NO. The average molecular weight is 360 g/mol. The van der Waals surface area contributed by atoms with Crippen molar-refractivity contribution < 1.29 is 17.9 Å². The van der Waals surface area contributed by atoms with E-state index in [9.17, 15) is 13.2 Å². The van der Waals surface area contributed by atoms with Crippen molar-refractivity contribution >= 4 is 15.9 Å². The van der Waals surface area contributed by atoms with Gasteiger partial charge in [-0.05, 0) is 39.7 Å². The summed E-state index contributed by atoms with van der Waals surface area (Å²) in [5.74, 6) is 0.553. The van der Waals surface area contributed by atoms with Gasteiger partial charge in [-0.15, -0.1) is 0 Å². The standard InChI is InChI=1S/C15H13BrF3NO/c16-13-6-2-4-11(8-20)14(13)21-9-10-3-1-5-12(7-10)15(17,18)19/h1-7H,8-9,20H2. The highest BCUT2D eigenvalue weighted by Crippen LogP contribution is 2.31. The molecule has 0 fully saturated rings. The van der Waals surface area contributed by atoms with Crippen molar-refractivity contribution in [3.05, 3.63) is 63.6 Å². The van der Waals surface area contributed by atoms with Gasteiger partial charge in [0.25, 0.3) is 0 Å². The van der Waals surface area contributed by atoms with E-state index in [1.54, 1.807) is 12.1 Å². The summed E-state index contributed by atoms with van der Waals surface area (Å²) in [6, 6.07) is 10.5. The van der Waals surface area contributed by atoms with Gasteiger partial charge in [-0.3, -0.25) is 0 Å². The van der Waals surface area contributed by atoms with E-state index in [1.165, 1.54) is 6.07 Å². The largest absolute Gasteiger partial charge is 0.487 e. The number of hydrogen-bond acceptors (Lipinski definition) is 2. The first-order valence-electron chi connectivity index (χ1n) is 6.18. The van der Waals surface area contributed by atoms with E-state index in [2.05, 4.69) is 15.9 Å². The predicted octanol–water partition coefficient (Wildman–Crippen LogP) is 4.51. The van der Waals surface area contributed by atoms with Crippen molar-refractivity contribution in [3.63, 3.8) is 0 Å². The molecule has 0 radical (unpaired) electrons. The molecule has 21 heavy (non-hydrogen) atoms. The Hall–Kier alpha value is -1.53. The number of alkyl halides is 3. The lowest BCUT2D eigenvalue weighted by atomic mass is 10.1. The summed E-state index contributed by atoms with van der Waals surface area (Å²) in [6.45, 7) is 0.330. The Balaban J connectivity index is 2.18. The first-order valence-corrected chi connectivity index (χ1v) is 6.97. The third-order valence-corrected chi connectivity index (χ3v) is 3.53. The van der Waals surface area contributed by atoms with E-state index < -0.39 is 11.7 Å². The fourth-order valence-corrected chi connectivity index (χ4v) is 2.39. The van der Waals surface area contributed by atoms with E-state index in [0.29, 0.717) is 11.3 Å². The number of ether oxygens (including phenoxy) is 1. The zero-order valence-electron chi connectivity index (χ0n) is 11.0. The fourth-order valence-electron chi connectivity index (χ4n) is 1.87. The molecule has 0 bridgehead atoms. The lowest BCUT2D eigenvalue weighted by Crippen LogP contribution is -2.07. The van der Waals surface area contributed by atoms with Crippen LogP contribution in [0.15, 0.2) is 46.9 Å². The van der Waals surface area contributed by atoms with Crippen LogP contribution < -0.4 is 10.5 Å². The Labute approximate surface area is 128 Å². The summed E-state index contributed by atoms with van der Waals surface area (Å²) in [4.78, 5) is 0. The highest BCUT2D eigenvalue weighted by atomic mass is 79.9. The molecule has 112 valence electrons. The normalized spacial score (nSPS) is 11.5. The van der Waals surface area contributed by atoms with Gasteiger partial charge in [0, 0.05) is 12.1 Å². The van der Waals surface area contributed by atoms with Gasteiger partial charge in [0.2, 0.25) is 0 Å². The van der Waals surface area contributed by atoms with Crippen LogP contribution in [0.2, 0.25) is 0 Å². The molecule has 6 heteroatoms. The smallest absolute Gasteiger partial charge is 0.416 e. The second-order valence-corrected chi connectivity index (χ2v) is 5.27. The molecule has 2 N–H and O–H groups in total. The summed E-state index contributed by atoms with van der Waals surface area (Å²) in [5, 5.41) is 0. The van der Waals surface area contributed by atoms with Gasteiger partial charge in [-0.25, -0.2) is 0 Å². The molecule has 2 aromatic rings. The molecule has 0 amide bonds. The maximum absolute atomic E-state index is 12.6. The lowest BCUT2D eigenvalue weighted by molar-refractivity contribution is -0.137. The lowest BCUT2D eigenvalue weighted by Gasteiger charge is -2.13. The number of benzene rings is 2. The maximum Gasteiger partial charge on any atom is 0.416 e. The minimum absolute atomic E-state index is 0.0412. The monoisotopic (exact) mass is 359 g/mol. The van der Waals surface area contributed by atoms with Gasteiger partial charge in [-0.2, -0.15) is 13.2 Å². The van der Waals surface area contributed by atoms with Crippen molar-refractivity contribution in [1.29, 1.82) is 0 Å². The topological polar surface area (TPSA) is 35.2 Å². The van der Waals surface area contributed by atoms with Gasteiger partial charge < -0.3 is 10.5 Å². The molecule has 0 saturated carbocycles. The SMILES string of the molecule is NCc1cccc(Br)c1OCc1cccc(C(F)(F)F)c1. The van der Waals surface area contributed by atoms with Crippen molar-refractivity contribution in [1.82, 2.24) is 0 Å². The fraction of sp³-hybridized carbons (Fsp3) is 0.200. The summed E-state index contributed by atoms with van der Waals surface area (Å²) in [5.41, 5.74) is 6.17. The number of nitrogens with two attached hydrogens (primary N) is 1. The Morgan fingerprint density at radius 2 is 1.81 bits per heavy atom. The average Bonchev–Trinajstić information content (AvgIpc) is 2.45. The van der Waals surface area contributed by atoms with E-state index in [0.717, 1.165) is 22.2 Å². The van der Waals surface area contributed by atoms with Gasteiger partial charge in [0.15, 0.2) is 0 Å². The minimum Gasteiger partial charge on any atom is -0.487 e. The first-order chi connectivity index (χ1) is 9.91. The van der Waals surface area contributed by atoms with E-state index in [1.807, 2.05) is 12.1 Å². The molecule has 0 aliphatic carbocycles. The molecule has 2 rings (SSSR count). The quantitative estimate of drug-likeness (QED) is 0.871. The summed E-state index contributed by atoms with van der Waals surface area (Å²) in [6.07, 6.45) is -4.36. The first kappa shape index (κ1) is 15.9. The van der Waals surface area contributed by atoms with Crippen LogP contribution in [0.25, 0.3) is 0 Å². The van der Waals surface area contributed by atoms with Crippen LogP contribution in [0.5, 0.6) is 5.75 Å². The van der Waals surface area contributed by atoms with Crippen molar-refractivity contribution in [2.45, 2.75) is 19.3 Å². The highest BCUT2D eigenvalue weighted by molar-refractivity contribution is 9.10. The van der Waals surface area contributed by atoms with Crippen LogP contribution in [0, 0.1) is 0 Å². The minimum atomic E-state index is -4.36. The molecule has 0 unspecified atom stereocenters. The molecule has 0 aromatic heterocycles. The molecule has 0 aliphatic rings. The molecule has 2 nitrogen and oxygen atoms in total. The zero-order valence-corrected chi connectivity index (χ0v) is 12.5. The van der Waals surface area contributed by atoms with Crippen LogP contribution in [-0.2, 0) is 19.3 Å². The van der Waals surface area contributed by atoms with Crippen LogP contribution in [0.1, 0.15) is 16.7 Å². The summed E-state index contributed by atoms with van der Waals surface area (Å²) >= 11 is 3.35. The maximum atomic E-state index is 12.6. The van der Waals surface area contributed by atoms with E-state index >= 15 is 0 Å². The molecule has 0 spiro atoms.